The zero-order valence-electron chi connectivity index (χ0n) is 11.8. The fraction of sp³-hybridized carbons (Fsp3) is 0.235. The Balaban J connectivity index is 1.93. The van der Waals surface area contributed by atoms with Crippen molar-refractivity contribution in [2.45, 2.75) is 25.3 Å². The van der Waals surface area contributed by atoms with Gasteiger partial charge in [-0.05, 0) is 48.7 Å². The second-order valence-electron chi connectivity index (χ2n) is 5.04. The maximum atomic E-state index is 12.8. The van der Waals surface area contributed by atoms with Gasteiger partial charge in [0.25, 0.3) is 5.91 Å². The van der Waals surface area contributed by atoms with Crippen molar-refractivity contribution < 1.29 is 9.18 Å². The molecule has 21 heavy (non-hydrogen) atoms. The number of carbonyl (C=O) groups excluding carboxylic acids is 1. The Morgan fingerprint density at radius 1 is 1.10 bits per heavy atom. The molecule has 0 aliphatic heterocycles. The first kappa shape index (κ1) is 15.5. The molecule has 2 rings (SSSR count). The standard InChI is InChI=1S/C17H17ClFNO/c1-12(10-13-4-8-16(19)9-5-13)20-17(21)15-6-2-14(11-18)3-7-15/h2-9,12H,10-11H2,1H3,(H,20,21). The van der Waals surface area contributed by atoms with Gasteiger partial charge in [0, 0.05) is 17.5 Å². The monoisotopic (exact) mass is 305 g/mol. The van der Waals surface area contributed by atoms with E-state index >= 15 is 0 Å². The molecule has 1 N–H and O–H groups in total. The predicted molar refractivity (Wildman–Crippen MR) is 83.0 cm³/mol. The Morgan fingerprint density at radius 3 is 2.24 bits per heavy atom. The molecule has 0 saturated carbocycles. The molecular formula is C17H17ClFNO. The number of amides is 1. The van der Waals surface area contributed by atoms with Gasteiger partial charge in [0.2, 0.25) is 0 Å². The summed E-state index contributed by atoms with van der Waals surface area (Å²) in [7, 11) is 0. The second-order valence-corrected chi connectivity index (χ2v) is 5.30. The van der Waals surface area contributed by atoms with E-state index in [9.17, 15) is 9.18 Å². The largest absolute Gasteiger partial charge is 0.349 e. The molecule has 0 aliphatic carbocycles. The minimum Gasteiger partial charge on any atom is -0.349 e. The van der Waals surface area contributed by atoms with E-state index in [1.165, 1.54) is 12.1 Å². The van der Waals surface area contributed by atoms with Crippen molar-refractivity contribution in [3.63, 3.8) is 0 Å². The first-order chi connectivity index (χ1) is 10.1. The topological polar surface area (TPSA) is 29.1 Å². The Bertz CT molecular complexity index is 595. The lowest BCUT2D eigenvalue weighted by atomic mass is 10.1. The normalized spacial score (nSPS) is 12.0. The molecule has 0 bridgehead atoms. The van der Waals surface area contributed by atoms with E-state index < -0.39 is 0 Å². The molecule has 0 fully saturated rings. The summed E-state index contributed by atoms with van der Waals surface area (Å²) < 4.78 is 12.8. The lowest BCUT2D eigenvalue weighted by Crippen LogP contribution is -2.34. The summed E-state index contributed by atoms with van der Waals surface area (Å²) in [4.78, 5) is 12.1. The summed E-state index contributed by atoms with van der Waals surface area (Å²) in [5.41, 5.74) is 2.57. The molecule has 2 aromatic rings. The molecule has 1 unspecified atom stereocenters. The molecule has 0 aromatic heterocycles. The first-order valence-corrected chi connectivity index (χ1v) is 7.32. The lowest BCUT2D eigenvalue weighted by molar-refractivity contribution is 0.0940. The molecule has 0 aliphatic rings. The van der Waals surface area contributed by atoms with Crippen LogP contribution in [0, 0.1) is 5.82 Å². The molecular weight excluding hydrogens is 289 g/mol. The van der Waals surface area contributed by atoms with Crippen LogP contribution in [-0.2, 0) is 12.3 Å². The van der Waals surface area contributed by atoms with Gasteiger partial charge in [0.1, 0.15) is 5.82 Å². The van der Waals surface area contributed by atoms with Crippen molar-refractivity contribution in [3.8, 4) is 0 Å². The Labute approximate surface area is 128 Å². The van der Waals surface area contributed by atoms with E-state index in [1.54, 1.807) is 24.3 Å². The van der Waals surface area contributed by atoms with Gasteiger partial charge in [0.05, 0.1) is 0 Å². The maximum absolute atomic E-state index is 12.8. The predicted octanol–water partition coefficient (Wildman–Crippen LogP) is 3.93. The minimum absolute atomic E-state index is 0.0318. The van der Waals surface area contributed by atoms with Gasteiger partial charge in [-0.2, -0.15) is 0 Å². The van der Waals surface area contributed by atoms with E-state index in [0.29, 0.717) is 17.9 Å². The molecule has 2 aromatic carbocycles. The molecule has 0 spiro atoms. The number of alkyl halides is 1. The summed E-state index contributed by atoms with van der Waals surface area (Å²) in [5.74, 6) is 0.0589. The number of rotatable bonds is 5. The van der Waals surface area contributed by atoms with Gasteiger partial charge in [-0.3, -0.25) is 4.79 Å². The van der Waals surface area contributed by atoms with Crippen LogP contribution in [0.3, 0.4) is 0 Å². The van der Waals surface area contributed by atoms with Crippen molar-refractivity contribution in [2.24, 2.45) is 0 Å². The highest BCUT2D eigenvalue weighted by atomic mass is 35.5. The van der Waals surface area contributed by atoms with Gasteiger partial charge >= 0.3 is 0 Å². The van der Waals surface area contributed by atoms with Gasteiger partial charge in [0.15, 0.2) is 0 Å². The van der Waals surface area contributed by atoms with Crippen molar-refractivity contribution in [3.05, 3.63) is 71.0 Å². The molecule has 110 valence electrons. The van der Waals surface area contributed by atoms with Crippen LogP contribution in [0.2, 0.25) is 0 Å². The molecule has 0 saturated heterocycles. The summed E-state index contributed by atoms with van der Waals surface area (Å²) >= 11 is 5.72. The van der Waals surface area contributed by atoms with E-state index in [2.05, 4.69) is 5.32 Å². The van der Waals surface area contributed by atoms with Crippen molar-refractivity contribution >= 4 is 17.5 Å². The fourth-order valence-electron chi connectivity index (χ4n) is 2.08. The average molecular weight is 306 g/mol. The van der Waals surface area contributed by atoms with Gasteiger partial charge in [-0.1, -0.05) is 24.3 Å². The number of halogens is 2. The number of carbonyl (C=O) groups is 1. The highest BCUT2D eigenvalue weighted by molar-refractivity contribution is 6.17. The van der Waals surface area contributed by atoms with Crippen LogP contribution in [0.25, 0.3) is 0 Å². The highest BCUT2D eigenvalue weighted by Crippen LogP contribution is 2.09. The third-order valence-electron chi connectivity index (χ3n) is 3.20. The second kappa shape index (κ2) is 7.23. The quantitative estimate of drug-likeness (QED) is 0.833. The number of hydrogen-bond acceptors (Lipinski definition) is 1. The minimum atomic E-state index is -0.255. The average Bonchev–Trinajstić information content (AvgIpc) is 2.49. The van der Waals surface area contributed by atoms with Gasteiger partial charge < -0.3 is 5.32 Å². The van der Waals surface area contributed by atoms with E-state index in [0.717, 1.165) is 11.1 Å². The number of hydrogen-bond donors (Lipinski definition) is 1. The molecule has 0 radical (unpaired) electrons. The summed E-state index contributed by atoms with van der Waals surface area (Å²) in [5, 5.41) is 2.93. The van der Waals surface area contributed by atoms with Crippen LogP contribution in [0.15, 0.2) is 48.5 Å². The van der Waals surface area contributed by atoms with Crippen LogP contribution in [-0.4, -0.2) is 11.9 Å². The Kier molecular flexibility index (Phi) is 5.34. The molecule has 0 heterocycles. The highest BCUT2D eigenvalue weighted by Gasteiger charge is 2.10. The fourth-order valence-corrected chi connectivity index (χ4v) is 2.26. The number of benzene rings is 2. The lowest BCUT2D eigenvalue weighted by Gasteiger charge is -2.14. The van der Waals surface area contributed by atoms with Crippen LogP contribution in [0.4, 0.5) is 4.39 Å². The molecule has 1 atom stereocenters. The van der Waals surface area contributed by atoms with E-state index in [1.807, 2.05) is 19.1 Å². The van der Waals surface area contributed by atoms with E-state index in [-0.39, 0.29) is 17.8 Å². The van der Waals surface area contributed by atoms with Crippen LogP contribution < -0.4 is 5.32 Å². The third-order valence-corrected chi connectivity index (χ3v) is 3.51. The van der Waals surface area contributed by atoms with Gasteiger partial charge in [-0.15, -0.1) is 11.6 Å². The zero-order chi connectivity index (χ0) is 15.2. The van der Waals surface area contributed by atoms with Crippen LogP contribution in [0.1, 0.15) is 28.4 Å². The van der Waals surface area contributed by atoms with Crippen molar-refractivity contribution in [2.75, 3.05) is 0 Å². The Morgan fingerprint density at radius 2 is 1.67 bits per heavy atom. The SMILES string of the molecule is CC(Cc1ccc(F)cc1)NC(=O)c1ccc(CCl)cc1. The summed E-state index contributed by atoms with van der Waals surface area (Å²) in [6, 6.07) is 13.5. The third kappa shape index (κ3) is 4.57. The smallest absolute Gasteiger partial charge is 0.251 e. The van der Waals surface area contributed by atoms with Crippen LogP contribution >= 0.6 is 11.6 Å². The molecule has 1 amide bonds. The zero-order valence-corrected chi connectivity index (χ0v) is 12.5. The maximum Gasteiger partial charge on any atom is 0.251 e. The van der Waals surface area contributed by atoms with Crippen molar-refractivity contribution in [1.82, 2.24) is 5.32 Å². The first-order valence-electron chi connectivity index (χ1n) is 6.78. The summed E-state index contributed by atoms with van der Waals surface area (Å²) in [6.07, 6.45) is 0.659. The van der Waals surface area contributed by atoms with Crippen LogP contribution in [0.5, 0.6) is 0 Å². The van der Waals surface area contributed by atoms with Gasteiger partial charge in [-0.25, -0.2) is 4.39 Å². The molecule has 4 heteroatoms. The number of nitrogens with one attached hydrogen (secondary N) is 1. The van der Waals surface area contributed by atoms with E-state index in [4.69, 9.17) is 11.6 Å². The van der Waals surface area contributed by atoms with Crippen molar-refractivity contribution in [1.29, 1.82) is 0 Å². The molecule has 2 nitrogen and oxygen atoms in total. The summed E-state index contributed by atoms with van der Waals surface area (Å²) in [6.45, 7) is 1.92. The Hall–Kier alpha value is -1.87.